The summed E-state index contributed by atoms with van der Waals surface area (Å²) in [4.78, 5) is 17.5. The van der Waals surface area contributed by atoms with Crippen LogP contribution < -0.4 is 14.8 Å². The van der Waals surface area contributed by atoms with Gasteiger partial charge < -0.3 is 14.8 Å². The van der Waals surface area contributed by atoms with E-state index in [1.54, 1.807) is 0 Å². The van der Waals surface area contributed by atoms with Crippen molar-refractivity contribution in [3.05, 3.63) is 52.5 Å². The Morgan fingerprint density at radius 3 is 2.69 bits per heavy atom. The average molecular weight is 458 g/mol. The highest BCUT2D eigenvalue weighted by molar-refractivity contribution is 6.30. The number of carbonyl (C=O) groups excluding carboxylic acids is 1. The van der Waals surface area contributed by atoms with Crippen LogP contribution >= 0.6 is 11.6 Å². The standard InChI is InChI=1S/C25H32ClN3O3/c1-3-31-24-14-20-13-18(2)32-23(20)15-22(24)27-25(30)17-29-10-4-9-28(11-12-29)16-19-5-7-21(26)8-6-19/h5-8,14-15,18H,3-4,9-13,16-17H2,1-2H3,(H,27,30). The number of hydrogen-bond acceptors (Lipinski definition) is 5. The second-order valence-electron chi connectivity index (χ2n) is 8.60. The Labute approximate surface area is 195 Å². The van der Waals surface area contributed by atoms with Gasteiger partial charge in [-0.1, -0.05) is 23.7 Å². The number of ether oxygens (including phenoxy) is 2. The summed E-state index contributed by atoms with van der Waals surface area (Å²) in [5, 5.41) is 3.81. The predicted molar refractivity (Wildman–Crippen MR) is 128 cm³/mol. The SMILES string of the molecule is CCOc1cc2c(cc1NC(=O)CN1CCCN(Cc3ccc(Cl)cc3)CC1)OC(C)C2. The first-order chi connectivity index (χ1) is 15.5. The quantitative estimate of drug-likeness (QED) is 0.675. The molecular formula is C25H32ClN3O3. The van der Waals surface area contributed by atoms with Crippen molar-refractivity contribution in [3.8, 4) is 11.5 Å². The number of nitrogens with zero attached hydrogens (tertiary/aromatic N) is 2. The lowest BCUT2D eigenvalue weighted by Crippen LogP contribution is -2.36. The number of rotatable bonds is 7. The summed E-state index contributed by atoms with van der Waals surface area (Å²) in [7, 11) is 0. The third kappa shape index (κ3) is 5.94. The molecule has 1 atom stereocenters. The van der Waals surface area contributed by atoms with Crippen LogP contribution in [0, 0.1) is 0 Å². The Kier molecular flexibility index (Phi) is 7.55. The van der Waals surface area contributed by atoms with Gasteiger partial charge in [-0.25, -0.2) is 0 Å². The minimum Gasteiger partial charge on any atom is -0.492 e. The van der Waals surface area contributed by atoms with Crippen LogP contribution in [0.2, 0.25) is 5.02 Å². The molecule has 7 heteroatoms. The molecule has 2 heterocycles. The maximum Gasteiger partial charge on any atom is 0.238 e. The van der Waals surface area contributed by atoms with Gasteiger partial charge in [-0.2, -0.15) is 0 Å². The van der Waals surface area contributed by atoms with E-state index in [0.717, 1.165) is 61.9 Å². The molecule has 1 N–H and O–H groups in total. The van der Waals surface area contributed by atoms with E-state index in [1.165, 1.54) is 5.56 Å². The van der Waals surface area contributed by atoms with Gasteiger partial charge in [0.15, 0.2) is 0 Å². The van der Waals surface area contributed by atoms with Gasteiger partial charge in [-0.15, -0.1) is 0 Å². The molecule has 1 fully saturated rings. The zero-order valence-electron chi connectivity index (χ0n) is 18.9. The Balaban J connectivity index is 1.32. The van der Waals surface area contributed by atoms with Crippen LogP contribution in [0.1, 0.15) is 31.4 Å². The van der Waals surface area contributed by atoms with Crippen molar-refractivity contribution in [1.29, 1.82) is 0 Å². The summed E-state index contributed by atoms with van der Waals surface area (Å²) in [6.07, 6.45) is 2.05. The van der Waals surface area contributed by atoms with Crippen LogP contribution in [0.3, 0.4) is 0 Å². The predicted octanol–water partition coefficient (Wildman–Crippen LogP) is 4.21. The molecule has 0 saturated carbocycles. The molecule has 0 aromatic heterocycles. The molecule has 4 rings (SSSR count). The van der Waals surface area contributed by atoms with Crippen molar-refractivity contribution < 1.29 is 14.3 Å². The maximum atomic E-state index is 12.8. The molecule has 6 nitrogen and oxygen atoms in total. The number of halogens is 1. The van der Waals surface area contributed by atoms with E-state index in [4.69, 9.17) is 21.1 Å². The molecule has 2 aliphatic heterocycles. The largest absolute Gasteiger partial charge is 0.492 e. The zero-order valence-corrected chi connectivity index (χ0v) is 19.7. The molecule has 0 spiro atoms. The summed E-state index contributed by atoms with van der Waals surface area (Å²) >= 11 is 5.99. The van der Waals surface area contributed by atoms with Crippen LogP contribution in [-0.2, 0) is 17.8 Å². The number of fused-ring (bicyclic) bond motifs is 1. The number of amides is 1. The minimum atomic E-state index is -0.0249. The van der Waals surface area contributed by atoms with Gasteiger partial charge in [-0.3, -0.25) is 14.6 Å². The fraction of sp³-hybridized carbons (Fsp3) is 0.480. The molecule has 2 aliphatic rings. The van der Waals surface area contributed by atoms with Gasteiger partial charge in [-0.05, 0) is 57.1 Å². The van der Waals surface area contributed by atoms with Gasteiger partial charge in [0, 0.05) is 42.7 Å². The Bertz CT molecular complexity index is 935. The fourth-order valence-corrected chi connectivity index (χ4v) is 4.52. The van der Waals surface area contributed by atoms with Crippen LogP contribution in [0.5, 0.6) is 11.5 Å². The summed E-state index contributed by atoms with van der Waals surface area (Å²) in [5.41, 5.74) is 3.08. The third-order valence-electron chi connectivity index (χ3n) is 5.94. The third-order valence-corrected chi connectivity index (χ3v) is 6.19. The van der Waals surface area contributed by atoms with E-state index in [0.29, 0.717) is 24.6 Å². The first-order valence-electron chi connectivity index (χ1n) is 11.5. The van der Waals surface area contributed by atoms with Crippen LogP contribution in [0.25, 0.3) is 0 Å². The normalized spacial score (nSPS) is 19.2. The molecule has 0 bridgehead atoms. The summed E-state index contributed by atoms with van der Waals surface area (Å²) < 4.78 is 11.7. The molecule has 1 amide bonds. The molecular weight excluding hydrogens is 426 g/mol. The van der Waals surface area contributed by atoms with E-state index < -0.39 is 0 Å². The first-order valence-corrected chi connectivity index (χ1v) is 11.8. The van der Waals surface area contributed by atoms with Crippen molar-refractivity contribution in [2.45, 2.75) is 39.3 Å². The first kappa shape index (κ1) is 22.9. The number of benzene rings is 2. The minimum absolute atomic E-state index is 0.0249. The van der Waals surface area contributed by atoms with Crippen LogP contribution in [-0.4, -0.2) is 61.1 Å². The number of carbonyl (C=O) groups is 1. The van der Waals surface area contributed by atoms with E-state index in [2.05, 4.69) is 27.2 Å². The van der Waals surface area contributed by atoms with Gasteiger partial charge in [0.05, 0.1) is 18.8 Å². The molecule has 0 radical (unpaired) electrons. The highest BCUT2D eigenvalue weighted by atomic mass is 35.5. The number of hydrogen-bond donors (Lipinski definition) is 1. The average Bonchev–Trinajstić information content (AvgIpc) is 2.97. The van der Waals surface area contributed by atoms with E-state index in [9.17, 15) is 4.79 Å². The number of anilines is 1. The second kappa shape index (κ2) is 10.6. The van der Waals surface area contributed by atoms with Gasteiger partial charge in [0.2, 0.25) is 5.91 Å². The summed E-state index contributed by atoms with van der Waals surface area (Å²) in [5.74, 6) is 1.52. The fourth-order valence-electron chi connectivity index (χ4n) is 4.39. The van der Waals surface area contributed by atoms with E-state index in [1.807, 2.05) is 38.1 Å². The summed E-state index contributed by atoms with van der Waals surface area (Å²) in [6.45, 7) is 9.56. The van der Waals surface area contributed by atoms with Crippen molar-refractivity contribution in [2.75, 3.05) is 44.6 Å². The molecule has 1 unspecified atom stereocenters. The van der Waals surface area contributed by atoms with E-state index in [-0.39, 0.29) is 12.0 Å². The van der Waals surface area contributed by atoms with Gasteiger partial charge in [0.1, 0.15) is 17.6 Å². The molecule has 1 saturated heterocycles. The van der Waals surface area contributed by atoms with Crippen molar-refractivity contribution in [1.82, 2.24) is 9.80 Å². The van der Waals surface area contributed by atoms with Crippen molar-refractivity contribution >= 4 is 23.2 Å². The smallest absolute Gasteiger partial charge is 0.238 e. The van der Waals surface area contributed by atoms with Crippen molar-refractivity contribution in [2.24, 2.45) is 0 Å². The highest BCUT2D eigenvalue weighted by Gasteiger charge is 2.23. The lowest BCUT2D eigenvalue weighted by atomic mass is 10.1. The molecule has 0 aliphatic carbocycles. The van der Waals surface area contributed by atoms with E-state index >= 15 is 0 Å². The topological polar surface area (TPSA) is 54.0 Å². The monoisotopic (exact) mass is 457 g/mol. The Morgan fingerprint density at radius 1 is 1.16 bits per heavy atom. The molecule has 172 valence electrons. The van der Waals surface area contributed by atoms with Crippen LogP contribution in [0.15, 0.2) is 36.4 Å². The Morgan fingerprint density at radius 2 is 1.91 bits per heavy atom. The molecule has 2 aromatic rings. The van der Waals surface area contributed by atoms with Gasteiger partial charge >= 0.3 is 0 Å². The lowest BCUT2D eigenvalue weighted by Gasteiger charge is -2.22. The lowest BCUT2D eigenvalue weighted by molar-refractivity contribution is -0.117. The summed E-state index contributed by atoms with van der Waals surface area (Å²) in [6, 6.07) is 11.9. The Hall–Kier alpha value is -2.28. The highest BCUT2D eigenvalue weighted by Crippen LogP contribution is 2.38. The zero-order chi connectivity index (χ0) is 22.5. The second-order valence-corrected chi connectivity index (χ2v) is 9.04. The molecule has 32 heavy (non-hydrogen) atoms. The van der Waals surface area contributed by atoms with Crippen molar-refractivity contribution in [3.63, 3.8) is 0 Å². The molecule has 2 aromatic carbocycles. The maximum absolute atomic E-state index is 12.8. The number of nitrogens with one attached hydrogen (secondary N) is 1. The van der Waals surface area contributed by atoms with Gasteiger partial charge in [0.25, 0.3) is 0 Å². The van der Waals surface area contributed by atoms with Crippen LogP contribution in [0.4, 0.5) is 5.69 Å².